The van der Waals surface area contributed by atoms with Crippen molar-refractivity contribution in [2.24, 2.45) is 0 Å². The summed E-state index contributed by atoms with van der Waals surface area (Å²) in [5.41, 5.74) is 10.2. The molecule has 3 N–H and O–H groups in total. The second-order valence-electron chi connectivity index (χ2n) is 7.22. The molecule has 2 aliphatic heterocycles. The van der Waals surface area contributed by atoms with Crippen molar-refractivity contribution < 1.29 is 14.4 Å². The molecule has 8 heteroatoms. The van der Waals surface area contributed by atoms with Crippen molar-refractivity contribution in [1.82, 2.24) is 20.2 Å². The molecule has 1 unspecified atom stereocenters. The van der Waals surface area contributed by atoms with Crippen LogP contribution in [0.1, 0.15) is 28.8 Å². The molecule has 0 radical (unpaired) electrons. The summed E-state index contributed by atoms with van der Waals surface area (Å²) < 4.78 is 0. The highest BCUT2D eigenvalue weighted by atomic mass is 16.2. The zero-order valence-corrected chi connectivity index (χ0v) is 15.4. The van der Waals surface area contributed by atoms with E-state index in [1.54, 1.807) is 12.1 Å². The lowest BCUT2D eigenvalue weighted by atomic mass is 10.0. The highest BCUT2D eigenvalue weighted by molar-refractivity contribution is 6.05. The first-order valence-corrected chi connectivity index (χ1v) is 9.31. The summed E-state index contributed by atoms with van der Waals surface area (Å²) in [6, 6.07) is 12.2. The normalized spacial score (nSPS) is 18.8. The van der Waals surface area contributed by atoms with Gasteiger partial charge in [0.25, 0.3) is 5.91 Å². The molecular weight excluding hydrogens is 370 g/mol. The number of nitrogen functional groups attached to an aromatic ring is 1. The SMILES string of the molecule is Nc1nc2ccccc2nc1-c1ccc2c(c1)CN(C1CCC(=O)NC1=O)C2=O. The van der Waals surface area contributed by atoms with Gasteiger partial charge < -0.3 is 10.6 Å². The zero-order valence-electron chi connectivity index (χ0n) is 15.4. The van der Waals surface area contributed by atoms with Crippen molar-refractivity contribution in [2.75, 3.05) is 5.73 Å². The lowest BCUT2D eigenvalue weighted by Gasteiger charge is -2.29. The second-order valence-corrected chi connectivity index (χ2v) is 7.22. The number of imide groups is 1. The van der Waals surface area contributed by atoms with E-state index in [-0.39, 0.29) is 18.2 Å². The van der Waals surface area contributed by atoms with E-state index in [1.807, 2.05) is 30.3 Å². The topological polar surface area (TPSA) is 118 Å². The summed E-state index contributed by atoms with van der Waals surface area (Å²) in [5, 5.41) is 2.31. The largest absolute Gasteiger partial charge is 0.382 e. The van der Waals surface area contributed by atoms with Gasteiger partial charge in [0.2, 0.25) is 11.8 Å². The van der Waals surface area contributed by atoms with Crippen LogP contribution >= 0.6 is 0 Å². The number of benzene rings is 2. The van der Waals surface area contributed by atoms with Crippen LogP contribution in [0.15, 0.2) is 42.5 Å². The maximum absolute atomic E-state index is 12.8. The molecule has 0 saturated carbocycles. The number of nitrogens with two attached hydrogens (primary N) is 1. The van der Waals surface area contributed by atoms with Crippen LogP contribution in [0.5, 0.6) is 0 Å². The number of rotatable bonds is 2. The smallest absolute Gasteiger partial charge is 0.255 e. The molecule has 3 amide bonds. The summed E-state index contributed by atoms with van der Waals surface area (Å²) in [6.07, 6.45) is 0.561. The number of anilines is 1. The highest BCUT2D eigenvalue weighted by Crippen LogP contribution is 2.32. The summed E-state index contributed by atoms with van der Waals surface area (Å²) in [7, 11) is 0. The fourth-order valence-corrected chi connectivity index (χ4v) is 3.95. The van der Waals surface area contributed by atoms with E-state index in [4.69, 9.17) is 5.73 Å². The van der Waals surface area contributed by atoms with Crippen molar-refractivity contribution in [3.8, 4) is 11.3 Å². The van der Waals surface area contributed by atoms with Crippen molar-refractivity contribution in [3.05, 3.63) is 53.6 Å². The molecule has 2 aliphatic rings. The van der Waals surface area contributed by atoms with Gasteiger partial charge in [-0.25, -0.2) is 9.97 Å². The van der Waals surface area contributed by atoms with E-state index in [9.17, 15) is 14.4 Å². The Kier molecular flexibility index (Phi) is 3.80. The maximum Gasteiger partial charge on any atom is 0.255 e. The molecule has 1 fully saturated rings. The molecule has 1 saturated heterocycles. The predicted octanol–water partition coefficient (Wildman–Crippen LogP) is 1.64. The number of nitrogens with zero attached hydrogens (tertiary/aromatic N) is 3. The minimum atomic E-state index is -0.637. The van der Waals surface area contributed by atoms with E-state index >= 15 is 0 Å². The Bertz CT molecular complexity index is 1210. The number of fused-ring (bicyclic) bond motifs is 2. The third kappa shape index (κ3) is 2.80. The lowest BCUT2D eigenvalue weighted by molar-refractivity contribution is -0.136. The molecule has 1 atom stereocenters. The number of carbonyl (C=O) groups excluding carboxylic acids is 3. The average Bonchev–Trinajstić information content (AvgIpc) is 3.03. The van der Waals surface area contributed by atoms with E-state index < -0.39 is 11.9 Å². The van der Waals surface area contributed by atoms with Gasteiger partial charge in [-0.2, -0.15) is 0 Å². The zero-order chi connectivity index (χ0) is 20.1. The number of carbonyl (C=O) groups is 3. The molecule has 8 nitrogen and oxygen atoms in total. The fourth-order valence-electron chi connectivity index (χ4n) is 3.95. The number of para-hydroxylation sites is 2. The minimum Gasteiger partial charge on any atom is -0.382 e. The van der Waals surface area contributed by atoms with Gasteiger partial charge in [-0.3, -0.25) is 19.7 Å². The Hall–Kier alpha value is -3.81. The Balaban J connectivity index is 1.50. The van der Waals surface area contributed by atoms with E-state index in [0.717, 1.165) is 16.6 Å². The Morgan fingerprint density at radius 3 is 2.55 bits per heavy atom. The number of amides is 3. The third-order valence-corrected chi connectivity index (χ3v) is 5.39. The van der Waals surface area contributed by atoms with Crippen LogP contribution in [-0.2, 0) is 16.1 Å². The average molecular weight is 387 g/mol. The van der Waals surface area contributed by atoms with Gasteiger partial charge in [0, 0.05) is 24.1 Å². The highest BCUT2D eigenvalue weighted by Gasteiger charge is 2.39. The van der Waals surface area contributed by atoms with E-state index in [0.29, 0.717) is 35.6 Å². The van der Waals surface area contributed by atoms with Crippen LogP contribution in [0.2, 0.25) is 0 Å². The second kappa shape index (κ2) is 6.37. The van der Waals surface area contributed by atoms with Crippen molar-refractivity contribution in [3.63, 3.8) is 0 Å². The molecule has 0 aliphatic carbocycles. The lowest BCUT2D eigenvalue weighted by Crippen LogP contribution is -2.52. The van der Waals surface area contributed by atoms with Crippen LogP contribution in [0.3, 0.4) is 0 Å². The number of hydrogen-bond acceptors (Lipinski definition) is 6. The molecule has 5 rings (SSSR count). The number of piperidine rings is 1. The number of hydrogen-bond donors (Lipinski definition) is 2. The van der Waals surface area contributed by atoms with Gasteiger partial charge >= 0.3 is 0 Å². The summed E-state index contributed by atoms with van der Waals surface area (Å²) in [5.74, 6) is -0.621. The van der Waals surface area contributed by atoms with Gasteiger partial charge in [-0.15, -0.1) is 0 Å². The van der Waals surface area contributed by atoms with Gasteiger partial charge in [-0.1, -0.05) is 18.2 Å². The molecule has 3 aromatic rings. The van der Waals surface area contributed by atoms with Gasteiger partial charge in [0.05, 0.1) is 11.0 Å². The number of nitrogens with one attached hydrogen (secondary N) is 1. The van der Waals surface area contributed by atoms with Crippen molar-refractivity contribution in [2.45, 2.75) is 25.4 Å². The molecule has 1 aromatic heterocycles. The standard InChI is InChI=1S/C21H17N5O3/c22-19-18(23-14-3-1-2-4-15(14)24-19)11-5-6-13-12(9-11)10-26(21(13)29)16-7-8-17(27)25-20(16)28/h1-6,9,16H,7-8,10H2,(H2,22,24)(H,25,27,28). The monoisotopic (exact) mass is 387 g/mol. The van der Waals surface area contributed by atoms with Gasteiger partial charge in [-0.05, 0) is 36.2 Å². The first-order chi connectivity index (χ1) is 14.0. The Morgan fingerprint density at radius 1 is 1.03 bits per heavy atom. The molecule has 2 aromatic carbocycles. The first-order valence-electron chi connectivity index (χ1n) is 9.31. The Morgan fingerprint density at radius 2 is 1.79 bits per heavy atom. The number of aromatic nitrogens is 2. The summed E-state index contributed by atoms with van der Waals surface area (Å²) >= 11 is 0. The minimum absolute atomic E-state index is 0.210. The van der Waals surface area contributed by atoms with Crippen LogP contribution in [0.25, 0.3) is 22.3 Å². The third-order valence-electron chi connectivity index (χ3n) is 5.39. The quantitative estimate of drug-likeness (QED) is 0.646. The predicted molar refractivity (Wildman–Crippen MR) is 105 cm³/mol. The van der Waals surface area contributed by atoms with Gasteiger partial charge in [0.15, 0.2) is 5.82 Å². The van der Waals surface area contributed by atoms with E-state index in [2.05, 4.69) is 15.3 Å². The van der Waals surface area contributed by atoms with Crippen LogP contribution in [0, 0.1) is 0 Å². The fraction of sp³-hybridized carbons (Fsp3) is 0.190. The summed E-state index contributed by atoms with van der Waals surface area (Å²) in [4.78, 5) is 47.0. The molecule has 144 valence electrons. The van der Waals surface area contributed by atoms with Crippen molar-refractivity contribution in [1.29, 1.82) is 0 Å². The Labute approximate surface area is 165 Å². The molecular formula is C21H17N5O3. The van der Waals surface area contributed by atoms with Gasteiger partial charge in [0.1, 0.15) is 11.7 Å². The van der Waals surface area contributed by atoms with Crippen LogP contribution in [0.4, 0.5) is 5.82 Å². The summed E-state index contributed by atoms with van der Waals surface area (Å²) in [6.45, 7) is 0.301. The maximum atomic E-state index is 12.8. The van der Waals surface area contributed by atoms with Crippen LogP contribution < -0.4 is 11.1 Å². The van der Waals surface area contributed by atoms with E-state index in [1.165, 1.54) is 4.90 Å². The van der Waals surface area contributed by atoms with Crippen LogP contribution in [-0.4, -0.2) is 38.6 Å². The molecule has 29 heavy (non-hydrogen) atoms. The molecule has 0 spiro atoms. The molecule has 0 bridgehead atoms. The first kappa shape index (κ1) is 17.3. The van der Waals surface area contributed by atoms with Crippen molar-refractivity contribution >= 4 is 34.6 Å². The molecule has 3 heterocycles.